The number of nitrogens with zero attached hydrogens (tertiary/aromatic N) is 1. The summed E-state index contributed by atoms with van der Waals surface area (Å²) in [6.07, 6.45) is 0.833. The van der Waals surface area contributed by atoms with Crippen LogP contribution in [0.2, 0.25) is 0 Å². The molecule has 2 amide bonds. The minimum Gasteiger partial charge on any atom is -0.326 e. The molecule has 0 unspecified atom stereocenters. The summed E-state index contributed by atoms with van der Waals surface area (Å²) in [5, 5.41) is 2.77. The summed E-state index contributed by atoms with van der Waals surface area (Å²) >= 11 is 0. The molecule has 1 fully saturated rings. The topological polar surface area (TPSA) is 95.6 Å². The highest BCUT2D eigenvalue weighted by atomic mass is 32.2. The van der Waals surface area contributed by atoms with Crippen LogP contribution in [0.3, 0.4) is 0 Å². The Bertz CT molecular complexity index is 975. The number of benzene rings is 2. The summed E-state index contributed by atoms with van der Waals surface area (Å²) in [5.74, 6) is -0.808. The van der Waals surface area contributed by atoms with E-state index >= 15 is 0 Å². The minimum absolute atomic E-state index is 0.0890. The molecular weight excluding hydrogens is 390 g/mol. The van der Waals surface area contributed by atoms with Crippen LogP contribution in [0.1, 0.15) is 26.7 Å². The van der Waals surface area contributed by atoms with Crippen molar-refractivity contribution in [3.8, 4) is 0 Å². The maximum Gasteiger partial charge on any atom is 0.240 e. The number of hydrogen-bond acceptors (Lipinski definition) is 4. The Morgan fingerprint density at radius 2 is 1.79 bits per heavy atom. The van der Waals surface area contributed by atoms with E-state index in [0.717, 1.165) is 5.69 Å². The van der Waals surface area contributed by atoms with Gasteiger partial charge in [0, 0.05) is 30.4 Å². The van der Waals surface area contributed by atoms with E-state index in [4.69, 9.17) is 0 Å². The van der Waals surface area contributed by atoms with Gasteiger partial charge in [-0.25, -0.2) is 13.1 Å². The van der Waals surface area contributed by atoms with Crippen LogP contribution in [-0.4, -0.2) is 32.8 Å². The largest absolute Gasteiger partial charge is 0.326 e. The van der Waals surface area contributed by atoms with Gasteiger partial charge in [0.2, 0.25) is 21.8 Å². The number of anilines is 2. The molecule has 2 aromatic carbocycles. The second kappa shape index (κ2) is 8.75. The lowest BCUT2D eigenvalue weighted by Gasteiger charge is -2.16. The summed E-state index contributed by atoms with van der Waals surface area (Å²) in [7, 11) is -3.59. The van der Waals surface area contributed by atoms with Crippen LogP contribution >= 0.6 is 0 Å². The highest BCUT2D eigenvalue weighted by Crippen LogP contribution is 2.26. The zero-order valence-electron chi connectivity index (χ0n) is 16.5. The molecule has 8 heteroatoms. The molecule has 1 heterocycles. The Morgan fingerprint density at radius 3 is 2.41 bits per heavy atom. The first-order valence-corrected chi connectivity index (χ1v) is 11.1. The Labute approximate surface area is 171 Å². The Hall–Kier alpha value is -2.71. The van der Waals surface area contributed by atoms with Crippen molar-refractivity contribution in [3.63, 3.8) is 0 Å². The summed E-state index contributed by atoms with van der Waals surface area (Å²) < 4.78 is 27.2. The summed E-state index contributed by atoms with van der Waals surface area (Å²) in [5.41, 5.74) is 1.26. The van der Waals surface area contributed by atoms with E-state index in [0.29, 0.717) is 18.7 Å². The lowest BCUT2D eigenvalue weighted by atomic mass is 10.1. The third kappa shape index (κ3) is 5.02. The molecule has 0 aliphatic carbocycles. The predicted molar refractivity (Wildman–Crippen MR) is 112 cm³/mol. The zero-order valence-corrected chi connectivity index (χ0v) is 17.3. The molecule has 2 N–H and O–H groups in total. The SMILES string of the molecule is CC[C@@H](C)NS(=O)(=O)c1ccc(NC(=O)[C@H]2CC(=O)N(c3ccccc3)C2)cc1. The molecule has 0 aromatic heterocycles. The fourth-order valence-corrected chi connectivity index (χ4v) is 4.45. The van der Waals surface area contributed by atoms with Gasteiger partial charge in [-0.2, -0.15) is 0 Å². The van der Waals surface area contributed by atoms with Crippen LogP contribution in [0.5, 0.6) is 0 Å². The Balaban J connectivity index is 1.63. The first-order chi connectivity index (χ1) is 13.8. The summed E-state index contributed by atoms with van der Waals surface area (Å²) in [6, 6.07) is 15.1. The number of carbonyl (C=O) groups is 2. The standard InChI is InChI=1S/C21H25N3O4S/c1-3-15(2)23-29(27,28)19-11-9-17(10-12-19)22-21(26)16-13-20(25)24(14-16)18-7-5-4-6-8-18/h4-12,15-16,23H,3,13-14H2,1-2H3,(H,22,26)/t15-,16+/m1/s1. The molecule has 154 valence electrons. The van der Waals surface area contributed by atoms with Crippen molar-refractivity contribution >= 4 is 33.2 Å². The molecule has 3 rings (SSSR count). The van der Waals surface area contributed by atoms with Crippen LogP contribution in [0, 0.1) is 5.92 Å². The zero-order chi connectivity index (χ0) is 21.0. The Morgan fingerprint density at radius 1 is 1.14 bits per heavy atom. The molecule has 1 aliphatic heterocycles. The van der Waals surface area contributed by atoms with Gasteiger partial charge in [0.15, 0.2) is 0 Å². The average molecular weight is 416 g/mol. The van der Waals surface area contributed by atoms with Gasteiger partial charge in [-0.05, 0) is 49.7 Å². The lowest BCUT2D eigenvalue weighted by molar-refractivity contribution is -0.122. The number of nitrogens with one attached hydrogen (secondary N) is 2. The first kappa shape index (κ1) is 21.0. The number of hydrogen-bond donors (Lipinski definition) is 2. The van der Waals surface area contributed by atoms with Gasteiger partial charge in [-0.3, -0.25) is 9.59 Å². The van der Waals surface area contributed by atoms with Gasteiger partial charge < -0.3 is 10.2 Å². The van der Waals surface area contributed by atoms with E-state index in [1.54, 1.807) is 24.0 Å². The van der Waals surface area contributed by atoms with E-state index in [2.05, 4.69) is 10.0 Å². The van der Waals surface area contributed by atoms with Crippen molar-refractivity contribution in [2.45, 2.75) is 37.6 Å². The first-order valence-electron chi connectivity index (χ1n) is 9.59. The van der Waals surface area contributed by atoms with Gasteiger partial charge in [0.05, 0.1) is 10.8 Å². The molecule has 1 aliphatic rings. The average Bonchev–Trinajstić information content (AvgIpc) is 3.10. The second-order valence-electron chi connectivity index (χ2n) is 7.19. The van der Waals surface area contributed by atoms with Gasteiger partial charge >= 0.3 is 0 Å². The normalized spacial score (nSPS) is 17.9. The fourth-order valence-electron chi connectivity index (χ4n) is 3.12. The number of rotatable bonds is 7. The third-order valence-electron chi connectivity index (χ3n) is 4.96. The van der Waals surface area contributed by atoms with Gasteiger partial charge in [0.25, 0.3) is 0 Å². The highest BCUT2D eigenvalue weighted by Gasteiger charge is 2.35. The minimum atomic E-state index is -3.59. The van der Waals surface area contributed by atoms with Crippen molar-refractivity contribution in [1.82, 2.24) is 4.72 Å². The van der Waals surface area contributed by atoms with Crippen LogP contribution in [0.25, 0.3) is 0 Å². The van der Waals surface area contributed by atoms with Crippen molar-refractivity contribution in [2.24, 2.45) is 5.92 Å². The maximum atomic E-state index is 12.6. The quantitative estimate of drug-likeness (QED) is 0.727. The molecule has 2 atom stereocenters. The number of amides is 2. The van der Waals surface area contributed by atoms with Crippen LogP contribution < -0.4 is 14.9 Å². The van der Waals surface area contributed by atoms with Crippen LogP contribution in [0.15, 0.2) is 59.5 Å². The third-order valence-corrected chi connectivity index (χ3v) is 6.57. The molecule has 1 saturated heterocycles. The summed E-state index contributed by atoms with van der Waals surface area (Å²) in [4.78, 5) is 26.6. The summed E-state index contributed by atoms with van der Waals surface area (Å²) in [6.45, 7) is 4.02. The molecule has 2 aromatic rings. The number of carbonyl (C=O) groups excluding carboxylic acids is 2. The van der Waals surface area contributed by atoms with Gasteiger partial charge in [-0.15, -0.1) is 0 Å². The lowest BCUT2D eigenvalue weighted by Crippen LogP contribution is -2.32. The molecular formula is C21H25N3O4S. The molecule has 29 heavy (non-hydrogen) atoms. The van der Waals surface area contributed by atoms with Gasteiger partial charge in [0.1, 0.15) is 0 Å². The molecule has 7 nitrogen and oxygen atoms in total. The Kier molecular flexibility index (Phi) is 6.34. The number of sulfonamides is 1. The second-order valence-corrected chi connectivity index (χ2v) is 8.90. The smallest absolute Gasteiger partial charge is 0.240 e. The van der Waals surface area contributed by atoms with E-state index in [1.807, 2.05) is 37.3 Å². The molecule has 0 radical (unpaired) electrons. The van der Waals surface area contributed by atoms with E-state index < -0.39 is 15.9 Å². The van der Waals surface area contributed by atoms with E-state index in [9.17, 15) is 18.0 Å². The molecule has 0 bridgehead atoms. The van der Waals surface area contributed by atoms with E-state index in [1.165, 1.54) is 12.1 Å². The van der Waals surface area contributed by atoms with Crippen molar-refractivity contribution in [1.29, 1.82) is 0 Å². The van der Waals surface area contributed by atoms with Crippen molar-refractivity contribution in [3.05, 3.63) is 54.6 Å². The monoisotopic (exact) mass is 415 g/mol. The predicted octanol–water partition coefficient (Wildman–Crippen LogP) is 2.76. The molecule has 0 saturated carbocycles. The molecule has 0 spiro atoms. The van der Waals surface area contributed by atoms with Gasteiger partial charge in [-0.1, -0.05) is 25.1 Å². The number of para-hydroxylation sites is 1. The van der Waals surface area contributed by atoms with Crippen molar-refractivity contribution in [2.75, 3.05) is 16.8 Å². The maximum absolute atomic E-state index is 12.6. The van der Waals surface area contributed by atoms with Crippen LogP contribution in [0.4, 0.5) is 11.4 Å². The van der Waals surface area contributed by atoms with Crippen molar-refractivity contribution < 1.29 is 18.0 Å². The fraction of sp³-hybridized carbons (Fsp3) is 0.333. The van der Waals surface area contributed by atoms with Crippen LogP contribution in [-0.2, 0) is 19.6 Å². The highest BCUT2D eigenvalue weighted by molar-refractivity contribution is 7.89. The van der Waals surface area contributed by atoms with E-state index in [-0.39, 0.29) is 29.2 Å².